The highest BCUT2D eigenvalue weighted by molar-refractivity contribution is 6.16. The van der Waals surface area contributed by atoms with Gasteiger partial charge in [0.25, 0.3) is 0 Å². The Morgan fingerprint density at radius 3 is 1.62 bits per heavy atom. The van der Waals surface area contributed by atoms with E-state index in [0.717, 1.165) is 55.0 Å². The Hall–Kier alpha value is -6.61. The molecule has 5 heteroatoms. The van der Waals surface area contributed by atoms with Crippen molar-refractivity contribution in [2.45, 2.75) is 19.3 Å². The Bertz CT molecular complexity index is 2730. The molecule has 47 heavy (non-hydrogen) atoms. The number of fused-ring (bicyclic) bond motifs is 10. The van der Waals surface area contributed by atoms with E-state index in [1.54, 1.807) is 0 Å². The number of hydrogen-bond acceptors (Lipinski definition) is 3. The van der Waals surface area contributed by atoms with E-state index >= 15 is 0 Å². The largest absolute Gasteiger partial charge is 0.309 e. The molecule has 9 rings (SSSR count). The van der Waals surface area contributed by atoms with E-state index < -0.39 is 0 Å². The van der Waals surface area contributed by atoms with E-state index in [2.05, 4.69) is 108 Å². The lowest BCUT2D eigenvalue weighted by molar-refractivity contribution is 0.661. The summed E-state index contributed by atoms with van der Waals surface area (Å²) in [5.41, 5.74) is 12.7. The lowest BCUT2D eigenvalue weighted by Gasteiger charge is -2.21. The molecule has 1 aliphatic carbocycles. The second-order valence-electron chi connectivity index (χ2n) is 12.8. The highest BCUT2D eigenvalue weighted by atomic mass is 15.0. The van der Waals surface area contributed by atoms with E-state index in [-0.39, 0.29) is 5.41 Å². The molecule has 2 aromatic heterocycles. The summed E-state index contributed by atoms with van der Waals surface area (Å²) in [7, 11) is 0. The molecule has 0 amide bonds. The minimum Gasteiger partial charge on any atom is -0.309 e. The maximum Gasteiger partial charge on any atom is 0.0991 e. The van der Waals surface area contributed by atoms with Crippen molar-refractivity contribution in [3.8, 4) is 40.7 Å². The number of benzene rings is 6. The topological polar surface area (TPSA) is 81.2 Å². The maximum atomic E-state index is 9.83. The first kappa shape index (κ1) is 26.8. The van der Waals surface area contributed by atoms with Crippen molar-refractivity contribution in [3.63, 3.8) is 0 Å². The van der Waals surface area contributed by atoms with Crippen LogP contribution in [0.4, 0.5) is 0 Å². The van der Waals surface area contributed by atoms with E-state index in [9.17, 15) is 15.8 Å². The van der Waals surface area contributed by atoms with Gasteiger partial charge in [0.2, 0.25) is 0 Å². The minimum absolute atomic E-state index is 0.158. The Labute approximate surface area is 271 Å². The molecule has 0 radical (unpaired) electrons. The van der Waals surface area contributed by atoms with Crippen LogP contribution in [-0.2, 0) is 5.41 Å². The van der Waals surface area contributed by atoms with Gasteiger partial charge in [-0.25, -0.2) is 0 Å². The van der Waals surface area contributed by atoms with E-state index in [0.29, 0.717) is 16.7 Å². The summed E-state index contributed by atoms with van der Waals surface area (Å²) in [6, 6.07) is 46.0. The van der Waals surface area contributed by atoms with Gasteiger partial charge in [0.05, 0.1) is 57.0 Å². The van der Waals surface area contributed by atoms with E-state index in [4.69, 9.17) is 0 Å². The Kier molecular flexibility index (Phi) is 5.38. The van der Waals surface area contributed by atoms with Crippen LogP contribution in [0.5, 0.6) is 0 Å². The van der Waals surface area contributed by atoms with Gasteiger partial charge < -0.3 is 9.13 Å². The number of aromatic nitrogens is 2. The fourth-order valence-corrected chi connectivity index (χ4v) is 7.84. The van der Waals surface area contributed by atoms with Crippen molar-refractivity contribution >= 4 is 43.6 Å². The first-order valence-corrected chi connectivity index (χ1v) is 15.5. The normalized spacial score (nSPS) is 13.0. The SMILES string of the molecule is CC1(C)c2ccccc2-c2c1ccc1c3cc(C#N)ccc3n(-c3cccc(-n4c5ccc(C#N)cc5c5cc(C#N)ccc54)c3)c21. The zero-order chi connectivity index (χ0) is 32.0. The van der Waals surface area contributed by atoms with Gasteiger partial charge in [-0.3, -0.25) is 0 Å². The summed E-state index contributed by atoms with van der Waals surface area (Å²) in [6.07, 6.45) is 0. The molecule has 0 spiro atoms. The quantitative estimate of drug-likeness (QED) is 0.198. The number of nitrogens with zero attached hydrogens (tertiary/aromatic N) is 5. The van der Waals surface area contributed by atoms with Gasteiger partial charge >= 0.3 is 0 Å². The van der Waals surface area contributed by atoms with Crippen molar-refractivity contribution < 1.29 is 0 Å². The molecule has 0 saturated carbocycles. The molecule has 0 fully saturated rings. The second-order valence-corrected chi connectivity index (χ2v) is 12.8. The van der Waals surface area contributed by atoms with Gasteiger partial charge in [0.15, 0.2) is 0 Å². The van der Waals surface area contributed by atoms with Gasteiger partial charge in [-0.15, -0.1) is 0 Å². The highest BCUT2D eigenvalue weighted by Crippen LogP contribution is 2.53. The standard InChI is InChI=1S/C42H25N5/c1-42(2)35-9-4-3-8-31(35)40-36(42)14-13-30-32-18-25(22-43)12-17-39(32)47(41(30)40)29-7-5-6-28(21-29)46-37-15-10-26(23-44)19-33(37)34-20-27(24-45)11-16-38(34)46/h3-21H,1-2H3. The fraction of sp³-hybridized carbons (Fsp3) is 0.0714. The van der Waals surface area contributed by atoms with Crippen LogP contribution >= 0.6 is 0 Å². The van der Waals surface area contributed by atoms with E-state index in [1.807, 2.05) is 48.5 Å². The van der Waals surface area contributed by atoms with Crippen molar-refractivity contribution in [1.82, 2.24) is 9.13 Å². The zero-order valence-corrected chi connectivity index (χ0v) is 25.7. The van der Waals surface area contributed by atoms with Crippen LogP contribution in [0.25, 0.3) is 66.1 Å². The van der Waals surface area contributed by atoms with Gasteiger partial charge in [0, 0.05) is 43.9 Å². The zero-order valence-electron chi connectivity index (χ0n) is 25.7. The Balaban J connectivity index is 1.39. The predicted octanol–water partition coefficient (Wildman–Crippen LogP) is 9.80. The predicted molar refractivity (Wildman–Crippen MR) is 187 cm³/mol. The van der Waals surface area contributed by atoms with Crippen LogP contribution in [0, 0.1) is 34.0 Å². The molecule has 0 unspecified atom stereocenters. The van der Waals surface area contributed by atoms with Crippen LogP contribution in [0.2, 0.25) is 0 Å². The Morgan fingerprint density at radius 2 is 1.02 bits per heavy atom. The summed E-state index contributed by atoms with van der Waals surface area (Å²) in [5.74, 6) is 0. The molecule has 0 atom stereocenters. The molecule has 8 aromatic rings. The average Bonchev–Trinajstić information content (AvgIpc) is 3.70. The van der Waals surface area contributed by atoms with Gasteiger partial charge in [0.1, 0.15) is 0 Å². The number of hydrogen-bond donors (Lipinski definition) is 0. The number of rotatable bonds is 2. The average molecular weight is 600 g/mol. The molecule has 0 bridgehead atoms. The van der Waals surface area contributed by atoms with Gasteiger partial charge in [-0.2, -0.15) is 15.8 Å². The molecule has 1 aliphatic rings. The van der Waals surface area contributed by atoms with Gasteiger partial charge in [-0.05, 0) is 89.5 Å². The third-order valence-corrected chi connectivity index (χ3v) is 9.97. The summed E-state index contributed by atoms with van der Waals surface area (Å²) in [4.78, 5) is 0. The lowest BCUT2D eigenvalue weighted by atomic mass is 9.82. The summed E-state index contributed by atoms with van der Waals surface area (Å²) in [5, 5.41) is 33.2. The summed E-state index contributed by atoms with van der Waals surface area (Å²) < 4.78 is 4.56. The minimum atomic E-state index is -0.158. The molecule has 0 saturated heterocycles. The monoisotopic (exact) mass is 599 g/mol. The molecular formula is C42H25N5. The van der Waals surface area contributed by atoms with Crippen molar-refractivity contribution in [2.75, 3.05) is 0 Å². The highest BCUT2D eigenvalue weighted by Gasteiger charge is 2.37. The summed E-state index contributed by atoms with van der Waals surface area (Å²) >= 11 is 0. The van der Waals surface area contributed by atoms with Crippen molar-refractivity contribution in [1.29, 1.82) is 15.8 Å². The third-order valence-electron chi connectivity index (χ3n) is 9.97. The molecule has 2 heterocycles. The van der Waals surface area contributed by atoms with Crippen molar-refractivity contribution in [2.24, 2.45) is 0 Å². The van der Waals surface area contributed by atoms with Crippen LogP contribution in [0.3, 0.4) is 0 Å². The molecule has 5 nitrogen and oxygen atoms in total. The van der Waals surface area contributed by atoms with E-state index in [1.165, 1.54) is 22.3 Å². The van der Waals surface area contributed by atoms with Crippen molar-refractivity contribution in [3.05, 3.63) is 143 Å². The lowest BCUT2D eigenvalue weighted by Crippen LogP contribution is -2.14. The molecule has 0 aliphatic heterocycles. The number of nitriles is 3. The smallest absolute Gasteiger partial charge is 0.0991 e. The molecule has 218 valence electrons. The van der Waals surface area contributed by atoms with Gasteiger partial charge in [-0.1, -0.05) is 56.3 Å². The molecule has 0 N–H and O–H groups in total. The van der Waals surface area contributed by atoms with Crippen LogP contribution in [0.15, 0.2) is 115 Å². The molecule has 6 aromatic carbocycles. The first-order valence-electron chi connectivity index (χ1n) is 15.5. The first-order chi connectivity index (χ1) is 22.9. The van der Waals surface area contributed by atoms with Crippen LogP contribution < -0.4 is 0 Å². The fourth-order valence-electron chi connectivity index (χ4n) is 7.84. The second kappa shape index (κ2) is 9.45. The molecular weight excluding hydrogens is 574 g/mol. The summed E-state index contributed by atoms with van der Waals surface area (Å²) in [6.45, 7) is 4.59. The maximum absolute atomic E-state index is 9.83. The van der Waals surface area contributed by atoms with Crippen LogP contribution in [0.1, 0.15) is 41.7 Å². The Morgan fingerprint density at radius 1 is 0.489 bits per heavy atom. The van der Waals surface area contributed by atoms with Crippen LogP contribution in [-0.4, -0.2) is 9.13 Å². The third kappa shape index (κ3) is 3.56.